The van der Waals surface area contributed by atoms with Gasteiger partial charge in [-0.25, -0.2) is 9.59 Å². The second-order valence-electron chi connectivity index (χ2n) is 6.26. The lowest BCUT2D eigenvalue weighted by Crippen LogP contribution is -2.10. The van der Waals surface area contributed by atoms with Crippen molar-refractivity contribution in [2.45, 2.75) is 38.0 Å². The van der Waals surface area contributed by atoms with E-state index in [4.69, 9.17) is 0 Å². The predicted molar refractivity (Wildman–Crippen MR) is 91.6 cm³/mol. The highest BCUT2D eigenvalue weighted by Crippen LogP contribution is 2.40. The Bertz CT molecular complexity index is 741. The average Bonchev–Trinajstić information content (AvgIpc) is 2.61. The van der Waals surface area contributed by atoms with Gasteiger partial charge in [0.25, 0.3) is 0 Å². The first-order chi connectivity index (χ1) is 11.6. The molecule has 2 aromatic rings. The Labute approximate surface area is 140 Å². The van der Waals surface area contributed by atoms with Crippen LogP contribution in [0.3, 0.4) is 0 Å². The van der Waals surface area contributed by atoms with Crippen molar-refractivity contribution in [3.05, 3.63) is 59.2 Å². The maximum atomic E-state index is 11.7. The summed E-state index contributed by atoms with van der Waals surface area (Å²) in [5.41, 5.74) is 2.20. The summed E-state index contributed by atoms with van der Waals surface area (Å²) < 4.78 is 0. The molecular formula is C20H20O4. The van der Waals surface area contributed by atoms with Crippen molar-refractivity contribution in [1.82, 2.24) is 0 Å². The lowest BCUT2D eigenvalue weighted by molar-refractivity contribution is 0.0696. The maximum Gasteiger partial charge on any atom is 0.336 e. The molecule has 3 rings (SSSR count). The van der Waals surface area contributed by atoms with Crippen LogP contribution < -0.4 is 0 Å². The molecule has 1 aliphatic rings. The molecule has 2 aromatic carbocycles. The molecule has 0 amide bonds. The molecule has 0 aliphatic heterocycles. The minimum absolute atomic E-state index is 0.0400. The molecule has 0 spiro atoms. The normalized spacial score (nSPS) is 15.2. The molecule has 2 N–H and O–H groups in total. The zero-order valence-corrected chi connectivity index (χ0v) is 13.4. The lowest BCUT2D eigenvalue weighted by Gasteiger charge is -2.25. The Morgan fingerprint density at radius 3 is 1.96 bits per heavy atom. The molecule has 1 aliphatic carbocycles. The summed E-state index contributed by atoms with van der Waals surface area (Å²) >= 11 is 0. The van der Waals surface area contributed by atoms with Crippen LogP contribution in [-0.2, 0) is 0 Å². The van der Waals surface area contributed by atoms with Crippen molar-refractivity contribution < 1.29 is 19.8 Å². The summed E-state index contributed by atoms with van der Waals surface area (Å²) in [4.78, 5) is 23.3. The van der Waals surface area contributed by atoms with E-state index >= 15 is 0 Å². The fraction of sp³-hybridized carbons (Fsp3) is 0.300. The summed E-state index contributed by atoms with van der Waals surface area (Å²) in [5, 5.41) is 19.1. The van der Waals surface area contributed by atoms with Gasteiger partial charge in [0.1, 0.15) is 0 Å². The van der Waals surface area contributed by atoms with E-state index in [9.17, 15) is 19.8 Å². The van der Waals surface area contributed by atoms with Crippen LogP contribution in [0.15, 0.2) is 42.5 Å². The Morgan fingerprint density at radius 2 is 1.38 bits per heavy atom. The number of carbonyl (C=O) groups is 2. The molecule has 0 unspecified atom stereocenters. The molecule has 0 heterocycles. The quantitative estimate of drug-likeness (QED) is 0.847. The van der Waals surface area contributed by atoms with Crippen LogP contribution in [-0.4, -0.2) is 22.2 Å². The molecule has 0 atom stereocenters. The van der Waals surface area contributed by atoms with Crippen LogP contribution in [0.2, 0.25) is 0 Å². The van der Waals surface area contributed by atoms with Crippen LogP contribution in [0.4, 0.5) is 0 Å². The van der Waals surface area contributed by atoms with Crippen molar-refractivity contribution in [3.8, 4) is 11.1 Å². The number of carboxylic acid groups (broad SMARTS) is 2. The van der Waals surface area contributed by atoms with E-state index in [2.05, 4.69) is 0 Å². The maximum absolute atomic E-state index is 11.7. The van der Waals surface area contributed by atoms with E-state index in [1.54, 1.807) is 0 Å². The van der Waals surface area contributed by atoms with Crippen molar-refractivity contribution >= 4 is 11.9 Å². The smallest absolute Gasteiger partial charge is 0.336 e. The van der Waals surface area contributed by atoms with Crippen molar-refractivity contribution in [3.63, 3.8) is 0 Å². The summed E-state index contributed by atoms with van der Waals surface area (Å²) in [6, 6.07) is 12.1. The van der Waals surface area contributed by atoms with Gasteiger partial charge >= 0.3 is 11.9 Å². The van der Waals surface area contributed by atoms with E-state index < -0.39 is 11.9 Å². The fourth-order valence-corrected chi connectivity index (χ4v) is 3.69. The average molecular weight is 324 g/mol. The topological polar surface area (TPSA) is 74.6 Å². The first kappa shape index (κ1) is 16.2. The van der Waals surface area contributed by atoms with Crippen LogP contribution in [0.5, 0.6) is 0 Å². The first-order valence-corrected chi connectivity index (χ1v) is 8.28. The second kappa shape index (κ2) is 6.87. The molecule has 0 saturated heterocycles. The van der Waals surface area contributed by atoms with E-state index in [0.717, 1.165) is 36.8 Å². The highest BCUT2D eigenvalue weighted by Gasteiger charge is 2.24. The van der Waals surface area contributed by atoms with Gasteiger partial charge in [-0.2, -0.15) is 0 Å². The molecular weight excluding hydrogens is 304 g/mol. The third kappa shape index (κ3) is 3.04. The van der Waals surface area contributed by atoms with Crippen LogP contribution in [0, 0.1) is 0 Å². The molecule has 0 radical (unpaired) electrons. The first-order valence-electron chi connectivity index (χ1n) is 8.28. The number of hydrogen-bond donors (Lipinski definition) is 2. The van der Waals surface area contributed by atoms with Crippen LogP contribution in [0.25, 0.3) is 11.1 Å². The predicted octanol–water partition coefficient (Wildman–Crippen LogP) is 4.80. The van der Waals surface area contributed by atoms with Crippen LogP contribution >= 0.6 is 0 Å². The molecule has 4 nitrogen and oxygen atoms in total. The summed E-state index contributed by atoms with van der Waals surface area (Å²) in [6.45, 7) is 0. The Hall–Kier alpha value is -2.62. The van der Waals surface area contributed by atoms with E-state index in [-0.39, 0.29) is 11.1 Å². The summed E-state index contributed by atoms with van der Waals surface area (Å²) in [5.74, 6) is -1.85. The van der Waals surface area contributed by atoms with Gasteiger partial charge in [-0.1, -0.05) is 49.6 Å². The minimum atomic E-state index is -1.11. The highest BCUT2D eigenvalue weighted by molar-refractivity contribution is 6.05. The van der Waals surface area contributed by atoms with Gasteiger partial charge in [-0.05, 0) is 42.0 Å². The SMILES string of the molecule is O=C(O)c1cccc(C(=O)O)c1-c1ccccc1C1CCCCC1. The van der Waals surface area contributed by atoms with Crippen molar-refractivity contribution in [2.75, 3.05) is 0 Å². The molecule has 1 saturated carbocycles. The van der Waals surface area contributed by atoms with Gasteiger partial charge in [-0.3, -0.25) is 0 Å². The zero-order chi connectivity index (χ0) is 17.1. The monoisotopic (exact) mass is 324 g/mol. The van der Waals surface area contributed by atoms with Gasteiger partial charge in [0, 0.05) is 5.56 Å². The Morgan fingerprint density at radius 1 is 0.792 bits per heavy atom. The van der Waals surface area contributed by atoms with Crippen LogP contribution in [0.1, 0.15) is 64.3 Å². The molecule has 1 fully saturated rings. The number of aromatic carboxylic acids is 2. The third-order valence-corrected chi connectivity index (χ3v) is 4.80. The number of hydrogen-bond acceptors (Lipinski definition) is 2. The number of benzene rings is 2. The Kier molecular flexibility index (Phi) is 4.65. The standard InChI is InChI=1S/C20H20O4/c21-19(22)16-11-6-12-17(20(23)24)18(16)15-10-5-4-9-14(15)13-7-2-1-3-8-13/h4-6,9-13H,1-3,7-8H2,(H,21,22)(H,23,24). The summed E-state index contributed by atoms with van der Waals surface area (Å²) in [6.07, 6.45) is 5.67. The van der Waals surface area contributed by atoms with Gasteiger partial charge in [0.15, 0.2) is 0 Å². The molecule has 0 aromatic heterocycles. The molecule has 24 heavy (non-hydrogen) atoms. The third-order valence-electron chi connectivity index (χ3n) is 4.80. The van der Waals surface area contributed by atoms with E-state index in [1.807, 2.05) is 24.3 Å². The van der Waals surface area contributed by atoms with E-state index in [0.29, 0.717) is 11.5 Å². The molecule has 4 heteroatoms. The minimum Gasteiger partial charge on any atom is -0.478 e. The van der Waals surface area contributed by atoms with Gasteiger partial charge in [-0.15, -0.1) is 0 Å². The molecule has 0 bridgehead atoms. The number of rotatable bonds is 4. The highest BCUT2D eigenvalue weighted by atomic mass is 16.4. The molecule has 124 valence electrons. The van der Waals surface area contributed by atoms with Gasteiger partial charge < -0.3 is 10.2 Å². The summed E-state index contributed by atoms with van der Waals surface area (Å²) in [7, 11) is 0. The van der Waals surface area contributed by atoms with Crippen molar-refractivity contribution in [2.24, 2.45) is 0 Å². The second-order valence-corrected chi connectivity index (χ2v) is 6.26. The van der Waals surface area contributed by atoms with Gasteiger partial charge in [0.05, 0.1) is 11.1 Å². The Balaban J connectivity index is 2.22. The lowest BCUT2D eigenvalue weighted by atomic mass is 9.79. The van der Waals surface area contributed by atoms with Crippen molar-refractivity contribution in [1.29, 1.82) is 0 Å². The zero-order valence-electron chi connectivity index (χ0n) is 13.4. The van der Waals surface area contributed by atoms with E-state index in [1.165, 1.54) is 24.6 Å². The fourth-order valence-electron chi connectivity index (χ4n) is 3.69. The number of carboxylic acids is 2. The van der Waals surface area contributed by atoms with Gasteiger partial charge in [0.2, 0.25) is 0 Å². The largest absolute Gasteiger partial charge is 0.478 e.